The van der Waals surface area contributed by atoms with Gasteiger partial charge in [-0.2, -0.15) is 0 Å². The molecular formula is C11H15ClOS. The van der Waals surface area contributed by atoms with Crippen LogP contribution >= 0.6 is 22.9 Å². The molecule has 1 nitrogen and oxygen atoms in total. The summed E-state index contributed by atoms with van der Waals surface area (Å²) < 4.78 is 5.44. The Hall–Kier alpha value is -0.0500. The average Bonchev–Trinajstić information content (AvgIpc) is 2.87. The third-order valence-corrected chi connectivity index (χ3v) is 4.45. The average molecular weight is 231 g/mol. The van der Waals surface area contributed by atoms with Gasteiger partial charge in [-0.1, -0.05) is 6.07 Å². The lowest BCUT2D eigenvalue weighted by molar-refractivity contribution is 0.157. The van der Waals surface area contributed by atoms with Gasteiger partial charge in [0.2, 0.25) is 0 Å². The maximum atomic E-state index is 6.03. The Bertz CT molecular complexity index is 265. The van der Waals surface area contributed by atoms with E-state index < -0.39 is 0 Å². The molecular weight excluding hydrogens is 216 g/mol. The molecule has 0 saturated carbocycles. The van der Waals surface area contributed by atoms with Crippen LogP contribution in [0.25, 0.3) is 0 Å². The number of ether oxygens (including phenoxy) is 1. The summed E-state index contributed by atoms with van der Waals surface area (Å²) in [6.07, 6.45) is 3.44. The van der Waals surface area contributed by atoms with Gasteiger partial charge in [0.15, 0.2) is 0 Å². The van der Waals surface area contributed by atoms with Crippen molar-refractivity contribution in [2.45, 2.75) is 19.3 Å². The first-order chi connectivity index (χ1) is 6.85. The number of rotatable bonds is 4. The lowest BCUT2D eigenvalue weighted by atomic mass is 9.84. The zero-order valence-corrected chi connectivity index (χ0v) is 9.74. The molecule has 1 aliphatic heterocycles. The van der Waals surface area contributed by atoms with E-state index in [0.717, 1.165) is 38.4 Å². The van der Waals surface area contributed by atoms with Crippen LogP contribution < -0.4 is 0 Å². The van der Waals surface area contributed by atoms with Gasteiger partial charge in [0.25, 0.3) is 0 Å². The Kier molecular flexibility index (Phi) is 3.47. The number of alkyl halides is 1. The molecule has 78 valence electrons. The lowest BCUT2D eigenvalue weighted by Gasteiger charge is -2.23. The van der Waals surface area contributed by atoms with Crippen LogP contribution in [0, 0.1) is 5.41 Å². The van der Waals surface area contributed by atoms with E-state index in [1.807, 2.05) is 11.3 Å². The Morgan fingerprint density at radius 1 is 1.57 bits per heavy atom. The molecule has 1 saturated heterocycles. The molecule has 1 aliphatic rings. The summed E-state index contributed by atoms with van der Waals surface area (Å²) in [5.74, 6) is 0.734. The van der Waals surface area contributed by atoms with Crippen LogP contribution in [-0.4, -0.2) is 19.1 Å². The van der Waals surface area contributed by atoms with Gasteiger partial charge in [0.05, 0.1) is 6.61 Å². The molecule has 0 amide bonds. The zero-order chi connectivity index (χ0) is 9.86. The van der Waals surface area contributed by atoms with Crippen molar-refractivity contribution in [2.24, 2.45) is 5.41 Å². The number of hydrogen-bond donors (Lipinski definition) is 0. The first-order valence-corrected chi connectivity index (χ1v) is 6.42. The second-order valence-corrected chi connectivity index (χ2v) is 5.32. The number of halogens is 1. The summed E-state index contributed by atoms with van der Waals surface area (Å²) >= 11 is 7.86. The molecule has 0 aromatic carbocycles. The third kappa shape index (κ3) is 2.30. The number of aryl methyl sites for hydroxylation is 1. The predicted molar refractivity (Wildman–Crippen MR) is 61.2 cm³/mol. The number of thiophene rings is 1. The van der Waals surface area contributed by atoms with Crippen LogP contribution in [0.5, 0.6) is 0 Å². The van der Waals surface area contributed by atoms with Gasteiger partial charge < -0.3 is 4.74 Å². The van der Waals surface area contributed by atoms with Gasteiger partial charge in [-0.05, 0) is 30.7 Å². The first kappa shape index (κ1) is 10.5. The highest BCUT2D eigenvalue weighted by Gasteiger charge is 2.33. The maximum absolute atomic E-state index is 6.03. The topological polar surface area (TPSA) is 9.23 Å². The zero-order valence-electron chi connectivity index (χ0n) is 8.17. The summed E-state index contributed by atoms with van der Waals surface area (Å²) in [6, 6.07) is 4.31. The predicted octanol–water partition coefficient (Wildman–Crippen LogP) is 3.33. The van der Waals surface area contributed by atoms with E-state index in [4.69, 9.17) is 16.3 Å². The van der Waals surface area contributed by atoms with E-state index >= 15 is 0 Å². The molecule has 14 heavy (non-hydrogen) atoms. The summed E-state index contributed by atoms with van der Waals surface area (Å²) in [7, 11) is 0. The molecule has 1 fully saturated rings. The second-order valence-electron chi connectivity index (χ2n) is 4.02. The normalized spacial score (nSPS) is 26.9. The van der Waals surface area contributed by atoms with Crippen LogP contribution in [0.4, 0.5) is 0 Å². The van der Waals surface area contributed by atoms with Crippen LogP contribution in [0.1, 0.15) is 17.7 Å². The minimum Gasteiger partial charge on any atom is -0.381 e. The van der Waals surface area contributed by atoms with Crippen LogP contribution in [-0.2, 0) is 11.2 Å². The van der Waals surface area contributed by atoms with Gasteiger partial charge in [-0.25, -0.2) is 0 Å². The second kappa shape index (κ2) is 4.65. The van der Waals surface area contributed by atoms with Crippen molar-refractivity contribution in [2.75, 3.05) is 19.1 Å². The molecule has 3 heteroatoms. The van der Waals surface area contributed by atoms with Crippen LogP contribution in [0.3, 0.4) is 0 Å². The van der Waals surface area contributed by atoms with Gasteiger partial charge in [-0.3, -0.25) is 0 Å². The van der Waals surface area contributed by atoms with Crippen molar-refractivity contribution in [1.29, 1.82) is 0 Å². The van der Waals surface area contributed by atoms with Gasteiger partial charge in [0.1, 0.15) is 0 Å². The SMILES string of the molecule is ClCC1(CCc2cccs2)CCOC1. The fourth-order valence-corrected chi connectivity index (χ4v) is 2.92. The molecule has 0 N–H and O–H groups in total. The minimum absolute atomic E-state index is 0.256. The highest BCUT2D eigenvalue weighted by atomic mass is 35.5. The molecule has 1 unspecified atom stereocenters. The van der Waals surface area contributed by atoms with Crippen molar-refractivity contribution in [1.82, 2.24) is 0 Å². The Morgan fingerprint density at radius 3 is 3.07 bits per heavy atom. The quantitative estimate of drug-likeness (QED) is 0.721. The Morgan fingerprint density at radius 2 is 2.50 bits per heavy atom. The molecule has 1 aromatic heterocycles. The molecule has 0 aliphatic carbocycles. The molecule has 1 aromatic rings. The van der Waals surface area contributed by atoms with E-state index in [9.17, 15) is 0 Å². The van der Waals surface area contributed by atoms with Gasteiger partial charge in [0, 0.05) is 22.8 Å². The first-order valence-electron chi connectivity index (χ1n) is 5.01. The van der Waals surface area contributed by atoms with Crippen molar-refractivity contribution in [3.8, 4) is 0 Å². The lowest BCUT2D eigenvalue weighted by Crippen LogP contribution is -2.23. The molecule has 2 rings (SSSR count). The van der Waals surface area contributed by atoms with Gasteiger partial charge in [-0.15, -0.1) is 22.9 Å². The van der Waals surface area contributed by atoms with E-state index in [1.165, 1.54) is 4.88 Å². The van der Waals surface area contributed by atoms with Crippen LogP contribution in [0.15, 0.2) is 17.5 Å². The van der Waals surface area contributed by atoms with E-state index in [1.54, 1.807) is 0 Å². The molecule has 0 bridgehead atoms. The molecule has 2 heterocycles. The van der Waals surface area contributed by atoms with Crippen molar-refractivity contribution in [3.05, 3.63) is 22.4 Å². The van der Waals surface area contributed by atoms with Crippen molar-refractivity contribution < 1.29 is 4.74 Å². The summed E-state index contributed by atoms with van der Waals surface area (Å²) in [5, 5.41) is 2.13. The number of hydrogen-bond acceptors (Lipinski definition) is 2. The van der Waals surface area contributed by atoms with Crippen molar-refractivity contribution in [3.63, 3.8) is 0 Å². The van der Waals surface area contributed by atoms with Crippen molar-refractivity contribution >= 4 is 22.9 Å². The molecule has 1 atom stereocenters. The highest BCUT2D eigenvalue weighted by molar-refractivity contribution is 7.09. The van der Waals surface area contributed by atoms with E-state index in [2.05, 4.69) is 17.5 Å². The fraction of sp³-hybridized carbons (Fsp3) is 0.636. The monoisotopic (exact) mass is 230 g/mol. The fourth-order valence-electron chi connectivity index (χ4n) is 1.86. The summed E-state index contributed by atoms with van der Waals surface area (Å²) in [4.78, 5) is 1.46. The van der Waals surface area contributed by atoms with Crippen LogP contribution in [0.2, 0.25) is 0 Å². The van der Waals surface area contributed by atoms with E-state index in [-0.39, 0.29) is 5.41 Å². The summed E-state index contributed by atoms with van der Waals surface area (Å²) in [6.45, 7) is 1.74. The van der Waals surface area contributed by atoms with Gasteiger partial charge >= 0.3 is 0 Å². The van der Waals surface area contributed by atoms with E-state index in [0.29, 0.717) is 0 Å². The summed E-state index contributed by atoms with van der Waals surface area (Å²) in [5.41, 5.74) is 0.256. The Labute approximate surface area is 94.0 Å². The Balaban J connectivity index is 1.89. The highest BCUT2D eigenvalue weighted by Crippen LogP contribution is 2.35. The molecule has 0 radical (unpaired) electrons. The maximum Gasteiger partial charge on any atom is 0.0534 e. The largest absolute Gasteiger partial charge is 0.381 e. The standard InChI is InChI=1S/C11H15ClOS/c12-8-11(5-6-13-9-11)4-3-10-2-1-7-14-10/h1-2,7H,3-6,8-9H2. The minimum atomic E-state index is 0.256. The third-order valence-electron chi connectivity index (χ3n) is 2.95. The smallest absolute Gasteiger partial charge is 0.0534 e. The molecule has 0 spiro atoms.